The first kappa shape index (κ1) is 12.9. The first-order valence-electron chi connectivity index (χ1n) is 5.35. The molecule has 5 heteroatoms. The third-order valence-corrected chi connectivity index (χ3v) is 2.75. The summed E-state index contributed by atoms with van der Waals surface area (Å²) in [7, 11) is 0. The van der Waals surface area contributed by atoms with Crippen molar-refractivity contribution in [3.05, 3.63) is 0 Å². The monoisotopic (exact) mass is 279 g/mol. The van der Waals surface area contributed by atoms with Gasteiger partial charge in [0.25, 0.3) is 0 Å². The summed E-state index contributed by atoms with van der Waals surface area (Å²) in [5.74, 6) is 0.0223. The highest BCUT2D eigenvalue weighted by molar-refractivity contribution is 9.09. The molecule has 0 spiro atoms. The zero-order valence-electron chi connectivity index (χ0n) is 8.84. The molecule has 1 atom stereocenters. The molecular weight excluding hydrogens is 262 g/mol. The first-order valence-corrected chi connectivity index (χ1v) is 6.47. The molecule has 0 bridgehead atoms. The number of carbonyl (C=O) groups is 1. The van der Waals surface area contributed by atoms with Gasteiger partial charge in [-0.25, -0.2) is 0 Å². The van der Waals surface area contributed by atoms with E-state index in [1.54, 1.807) is 0 Å². The van der Waals surface area contributed by atoms with Crippen molar-refractivity contribution in [3.8, 4) is 0 Å². The summed E-state index contributed by atoms with van der Waals surface area (Å²) in [4.78, 5) is 10.8. The molecule has 1 unspecified atom stereocenters. The van der Waals surface area contributed by atoms with Crippen molar-refractivity contribution in [1.82, 2.24) is 5.32 Å². The van der Waals surface area contributed by atoms with Crippen LogP contribution in [0.5, 0.6) is 0 Å². The Hall–Kier alpha value is -0.130. The van der Waals surface area contributed by atoms with Crippen molar-refractivity contribution in [2.75, 3.05) is 31.7 Å². The highest BCUT2D eigenvalue weighted by Gasteiger charge is 2.14. The molecule has 1 rings (SSSR count). The molecule has 1 saturated heterocycles. The van der Waals surface area contributed by atoms with E-state index in [1.807, 2.05) is 0 Å². The van der Waals surface area contributed by atoms with Crippen LogP contribution in [-0.4, -0.2) is 43.7 Å². The molecule has 0 saturated carbocycles. The lowest BCUT2D eigenvalue weighted by Crippen LogP contribution is -2.26. The minimum absolute atomic E-state index is 0.0223. The molecule has 1 N–H and O–H groups in total. The van der Waals surface area contributed by atoms with Crippen LogP contribution in [0.1, 0.15) is 19.3 Å². The molecule has 1 aliphatic heterocycles. The number of ether oxygens (including phenoxy) is 2. The van der Waals surface area contributed by atoms with Crippen LogP contribution in [0.25, 0.3) is 0 Å². The van der Waals surface area contributed by atoms with Gasteiger partial charge in [0.05, 0.1) is 18.0 Å². The fourth-order valence-electron chi connectivity index (χ4n) is 1.44. The number of carbonyl (C=O) groups excluding carboxylic acids is 1. The molecule has 0 radical (unpaired) electrons. The lowest BCUT2D eigenvalue weighted by atomic mass is 10.2. The number of hydrogen-bond acceptors (Lipinski definition) is 3. The average Bonchev–Trinajstić information content (AvgIpc) is 2.75. The predicted octanol–water partition coefficient (Wildman–Crippen LogP) is 1.08. The standard InChI is InChI=1S/C10H18BrNO3/c11-7-10(13)12-4-2-5-14-8-9-3-1-6-15-9/h9H,1-8H2,(H,12,13). The number of alkyl halides is 1. The summed E-state index contributed by atoms with van der Waals surface area (Å²) in [6, 6.07) is 0. The maximum Gasteiger partial charge on any atom is 0.230 e. The molecule has 0 aliphatic carbocycles. The Balaban J connectivity index is 1.82. The van der Waals surface area contributed by atoms with Gasteiger partial charge in [-0.2, -0.15) is 0 Å². The van der Waals surface area contributed by atoms with Crippen LogP contribution < -0.4 is 5.32 Å². The number of halogens is 1. The van der Waals surface area contributed by atoms with E-state index in [4.69, 9.17) is 9.47 Å². The van der Waals surface area contributed by atoms with Crippen molar-refractivity contribution < 1.29 is 14.3 Å². The number of rotatable bonds is 7. The van der Waals surface area contributed by atoms with Crippen molar-refractivity contribution >= 4 is 21.8 Å². The molecule has 0 aromatic heterocycles. The van der Waals surface area contributed by atoms with Crippen molar-refractivity contribution in [1.29, 1.82) is 0 Å². The third-order valence-electron chi connectivity index (χ3n) is 2.24. The van der Waals surface area contributed by atoms with E-state index < -0.39 is 0 Å². The van der Waals surface area contributed by atoms with E-state index >= 15 is 0 Å². The van der Waals surface area contributed by atoms with Crippen molar-refractivity contribution in [3.63, 3.8) is 0 Å². The summed E-state index contributed by atoms with van der Waals surface area (Å²) in [6.45, 7) is 2.92. The Morgan fingerprint density at radius 1 is 1.60 bits per heavy atom. The molecule has 4 nitrogen and oxygen atoms in total. The number of amides is 1. The van der Waals surface area contributed by atoms with E-state index in [0.717, 1.165) is 25.9 Å². The highest BCUT2D eigenvalue weighted by atomic mass is 79.9. The lowest BCUT2D eigenvalue weighted by Gasteiger charge is -2.09. The van der Waals surface area contributed by atoms with E-state index in [2.05, 4.69) is 21.2 Å². The minimum Gasteiger partial charge on any atom is -0.379 e. The molecule has 1 amide bonds. The second-order valence-corrected chi connectivity index (χ2v) is 4.11. The van der Waals surface area contributed by atoms with E-state index in [-0.39, 0.29) is 5.91 Å². The second-order valence-electron chi connectivity index (χ2n) is 3.55. The molecule has 0 aromatic rings. The summed E-state index contributed by atoms with van der Waals surface area (Å²) in [6.07, 6.45) is 3.41. The molecule has 1 fully saturated rings. The lowest BCUT2D eigenvalue weighted by molar-refractivity contribution is -0.118. The van der Waals surface area contributed by atoms with Crippen molar-refractivity contribution in [2.45, 2.75) is 25.4 Å². The van der Waals surface area contributed by atoms with Gasteiger partial charge in [-0.1, -0.05) is 15.9 Å². The highest BCUT2D eigenvalue weighted by Crippen LogP contribution is 2.11. The fourth-order valence-corrected chi connectivity index (χ4v) is 1.64. The summed E-state index contributed by atoms with van der Waals surface area (Å²) in [5.41, 5.74) is 0. The predicted molar refractivity (Wildman–Crippen MR) is 61.2 cm³/mol. The van der Waals surface area contributed by atoms with Gasteiger partial charge in [0.1, 0.15) is 0 Å². The van der Waals surface area contributed by atoms with Crippen LogP contribution in [0.15, 0.2) is 0 Å². The van der Waals surface area contributed by atoms with Gasteiger partial charge in [0, 0.05) is 19.8 Å². The van der Waals surface area contributed by atoms with Crippen LogP contribution in [0.4, 0.5) is 0 Å². The van der Waals surface area contributed by atoms with Gasteiger partial charge >= 0.3 is 0 Å². The zero-order chi connectivity index (χ0) is 10.9. The topological polar surface area (TPSA) is 47.6 Å². The summed E-state index contributed by atoms with van der Waals surface area (Å²) >= 11 is 3.08. The SMILES string of the molecule is O=C(CBr)NCCCOCC1CCCO1. The minimum atomic E-state index is 0.0223. The van der Waals surface area contributed by atoms with Crippen LogP contribution in [0, 0.1) is 0 Å². The van der Waals surface area contributed by atoms with Gasteiger partial charge < -0.3 is 14.8 Å². The maximum atomic E-state index is 10.8. The van der Waals surface area contributed by atoms with Crippen LogP contribution in [0.3, 0.4) is 0 Å². The Bertz CT molecular complexity index is 184. The Morgan fingerprint density at radius 3 is 3.13 bits per heavy atom. The number of nitrogens with one attached hydrogen (secondary N) is 1. The maximum absolute atomic E-state index is 10.8. The van der Waals surface area contributed by atoms with E-state index in [1.165, 1.54) is 0 Å². The largest absolute Gasteiger partial charge is 0.379 e. The summed E-state index contributed by atoms with van der Waals surface area (Å²) in [5, 5.41) is 3.13. The molecule has 15 heavy (non-hydrogen) atoms. The van der Waals surface area contributed by atoms with Gasteiger partial charge in [0.2, 0.25) is 5.91 Å². The molecule has 88 valence electrons. The Kier molecular flexibility index (Phi) is 6.96. The van der Waals surface area contributed by atoms with Gasteiger partial charge in [-0.3, -0.25) is 4.79 Å². The normalized spacial score (nSPS) is 20.5. The fraction of sp³-hybridized carbons (Fsp3) is 0.900. The molecular formula is C10H18BrNO3. The van der Waals surface area contributed by atoms with Gasteiger partial charge in [0.15, 0.2) is 0 Å². The molecule has 1 heterocycles. The Labute approximate surface area is 98.8 Å². The van der Waals surface area contributed by atoms with E-state index in [9.17, 15) is 4.79 Å². The quantitative estimate of drug-likeness (QED) is 0.561. The van der Waals surface area contributed by atoms with E-state index in [0.29, 0.717) is 31.2 Å². The number of hydrogen-bond donors (Lipinski definition) is 1. The van der Waals surface area contributed by atoms with Gasteiger partial charge in [-0.15, -0.1) is 0 Å². The second kappa shape index (κ2) is 8.07. The first-order chi connectivity index (χ1) is 7.33. The molecule has 0 aromatic carbocycles. The van der Waals surface area contributed by atoms with Crippen LogP contribution in [-0.2, 0) is 14.3 Å². The third kappa shape index (κ3) is 6.12. The van der Waals surface area contributed by atoms with Gasteiger partial charge in [-0.05, 0) is 19.3 Å². The van der Waals surface area contributed by atoms with Crippen LogP contribution in [0.2, 0.25) is 0 Å². The average molecular weight is 280 g/mol. The van der Waals surface area contributed by atoms with Crippen LogP contribution >= 0.6 is 15.9 Å². The zero-order valence-corrected chi connectivity index (χ0v) is 10.4. The smallest absolute Gasteiger partial charge is 0.230 e. The van der Waals surface area contributed by atoms with Crippen molar-refractivity contribution in [2.24, 2.45) is 0 Å². The Morgan fingerprint density at radius 2 is 2.47 bits per heavy atom. The molecule has 1 aliphatic rings. The summed E-state index contributed by atoms with van der Waals surface area (Å²) < 4.78 is 10.9.